The fourth-order valence-corrected chi connectivity index (χ4v) is 2.60. The van der Waals surface area contributed by atoms with E-state index in [1.54, 1.807) is 7.05 Å². The van der Waals surface area contributed by atoms with Gasteiger partial charge in [0.05, 0.1) is 12.7 Å². The highest BCUT2D eigenvalue weighted by Gasteiger charge is 2.33. The fraction of sp³-hybridized carbons (Fsp3) is 1.00. The quantitative estimate of drug-likeness (QED) is 0.778. The van der Waals surface area contributed by atoms with Crippen molar-refractivity contribution in [3.05, 3.63) is 0 Å². The monoisotopic (exact) mass is 266 g/mol. The minimum Gasteiger partial charge on any atom is -0.348 e. The molecule has 17 heavy (non-hydrogen) atoms. The van der Waals surface area contributed by atoms with Crippen LogP contribution >= 0.6 is 0 Å². The number of nitrogens with zero attached hydrogens (tertiary/aromatic N) is 1. The summed E-state index contributed by atoms with van der Waals surface area (Å²) in [5, 5.41) is 0. The van der Waals surface area contributed by atoms with Crippen molar-refractivity contribution >= 4 is 10.2 Å². The summed E-state index contributed by atoms with van der Waals surface area (Å²) in [6.45, 7) is 7.88. The second-order valence-corrected chi connectivity index (χ2v) is 6.73. The molecule has 7 heteroatoms. The average Bonchev–Trinajstić information content (AvgIpc) is 2.54. The lowest BCUT2D eigenvalue weighted by Crippen LogP contribution is -2.45. The van der Waals surface area contributed by atoms with Crippen LogP contribution < -0.4 is 4.72 Å². The third-order valence-corrected chi connectivity index (χ3v) is 4.38. The number of rotatable bonds is 5. The predicted octanol–water partition coefficient (Wildman–Crippen LogP) is 0.313. The highest BCUT2D eigenvalue weighted by molar-refractivity contribution is 7.87. The Bertz CT molecular complexity index is 353. The van der Waals surface area contributed by atoms with Gasteiger partial charge in [-0.2, -0.15) is 17.4 Å². The molecule has 0 amide bonds. The Kier molecular flexibility index (Phi) is 4.54. The van der Waals surface area contributed by atoms with E-state index >= 15 is 0 Å². The maximum absolute atomic E-state index is 11.8. The van der Waals surface area contributed by atoms with E-state index in [9.17, 15) is 8.42 Å². The van der Waals surface area contributed by atoms with E-state index in [0.717, 1.165) is 0 Å². The van der Waals surface area contributed by atoms with Crippen molar-refractivity contribution in [3.63, 3.8) is 0 Å². The van der Waals surface area contributed by atoms with Crippen molar-refractivity contribution in [1.82, 2.24) is 9.03 Å². The molecule has 1 aliphatic rings. The van der Waals surface area contributed by atoms with Gasteiger partial charge in [0.1, 0.15) is 0 Å². The molecule has 1 aliphatic heterocycles. The van der Waals surface area contributed by atoms with Crippen LogP contribution in [0.4, 0.5) is 0 Å². The molecule has 1 heterocycles. The molecule has 0 saturated carbocycles. The van der Waals surface area contributed by atoms with E-state index in [1.165, 1.54) is 4.31 Å². The first-order valence-electron chi connectivity index (χ1n) is 5.68. The zero-order valence-electron chi connectivity index (χ0n) is 11.1. The third-order valence-electron chi connectivity index (χ3n) is 2.67. The molecule has 1 fully saturated rings. The van der Waals surface area contributed by atoms with Crippen LogP contribution in [-0.4, -0.2) is 50.9 Å². The van der Waals surface area contributed by atoms with Crippen LogP contribution in [0.1, 0.15) is 27.7 Å². The van der Waals surface area contributed by atoms with Crippen LogP contribution in [0.25, 0.3) is 0 Å². The van der Waals surface area contributed by atoms with Gasteiger partial charge in [-0.15, -0.1) is 0 Å². The molecule has 0 bridgehead atoms. The summed E-state index contributed by atoms with van der Waals surface area (Å²) in [4.78, 5) is 0. The zero-order chi connectivity index (χ0) is 13.3. The largest absolute Gasteiger partial charge is 0.348 e. The first-order valence-corrected chi connectivity index (χ1v) is 7.12. The third kappa shape index (κ3) is 4.18. The lowest BCUT2D eigenvalue weighted by molar-refractivity contribution is -0.137. The smallest absolute Gasteiger partial charge is 0.279 e. The summed E-state index contributed by atoms with van der Waals surface area (Å²) in [5.74, 6) is -0.625. The standard InChI is InChI=1S/C10H22N2O4S/c1-8(2)12(5)17(13,14)11-6-9-7-15-10(3,4)16-9/h8-9,11H,6-7H2,1-5H3. The minimum absolute atomic E-state index is 0.0790. The molecular formula is C10H22N2O4S. The number of hydrogen-bond donors (Lipinski definition) is 1. The van der Waals surface area contributed by atoms with Crippen molar-refractivity contribution in [3.8, 4) is 0 Å². The van der Waals surface area contributed by atoms with Gasteiger partial charge in [0, 0.05) is 19.6 Å². The van der Waals surface area contributed by atoms with E-state index in [1.807, 2.05) is 27.7 Å². The molecule has 1 saturated heterocycles. The Balaban J connectivity index is 2.46. The molecular weight excluding hydrogens is 244 g/mol. The average molecular weight is 266 g/mol. The van der Waals surface area contributed by atoms with Crippen molar-refractivity contribution < 1.29 is 17.9 Å². The minimum atomic E-state index is -3.44. The van der Waals surface area contributed by atoms with Crippen LogP contribution in [-0.2, 0) is 19.7 Å². The molecule has 1 atom stereocenters. The molecule has 1 unspecified atom stereocenters. The van der Waals surface area contributed by atoms with Gasteiger partial charge >= 0.3 is 0 Å². The second kappa shape index (κ2) is 5.19. The SMILES string of the molecule is CC(C)N(C)S(=O)(=O)NCC1COC(C)(C)O1. The van der Waals surface area contributed by atoms with Crippen molar-refractivity contribution in [2.75, 3.05) is 20.2 Å². The van der Waals surface area contributed by atoms with E-state index in [0.29, 0.717) is 6.61 Å². The predicted molar refractivity (Wildman–Crippen MR) is 64.7 cm³/mol. The van der Waals surface area contributed by atoms with Crippen molar-refractivity contribution in [2.45, 2.75) is 45.6 Å². The highest BCUT2D eigenvalue weighted by atomic mass is 32.2. The lowest BCUT2D eigenvalue weighted by atomic mass is 10.4. The van der Waals surface area contributed by atoms with Crippen LogP contribution in [0, 0.1) is 0 Å². The fourth-order valence-electron chi connectivity index (χ4n) is 1.44. The second-order valence-electron chi connectivity index (χ2n) is 4.91. The van der Waals surface area contributed by atoms with Crippen LogP contribution in [0.2, 0.25) is 0 Å². The molecule has 0 spiro atoms. The summed E-state index contributed by atoms with van der Waals surface area (Å²) in [5.41, 5.74) is 0. The summed E-state index contributed by atoms with van der Waals surface area (Å²) in [7, 11) is -1.89. The molecule has 0 aliphatic carbocycles. The number of ether oxygens (including phenoxy) is 2. The molecule has 0 radical (unpaired) electrons. The summed E-state index contributed by atoms with van der Waals surface area (Å²) >= 11 is 0. The van der Waals surface area contributed by atoms with E-state index in [4.69, 9.17) is 9.47 Å². The van der Waals surface area contributed by atoms with Gasteiger partial charge in [-0.3, -0.25) is 0 Å². The van der Waals surface area contributed by atoms with Gasteiger partial charge in [-0.25, -0.2) is 0 Å². The maximum atomic E-state index is 11.8. The molecule has 1 N–H and O–H groups in total. The van der Waals surface area contributed by atoms with Crippen molar-refractivity contribution in [1.29, 1.82) is 0 Å². The molecule has 102 valence electrons. The summed E-state index contributed by atoms with van der Waals surface area (Å²) < 4.78 is 38.3. The van der Waals surface area contributed by atoms with Crippen LogP contribution in [0.15, 0.2) is 0 Å². The number of nitrogens with one attached hydrogen (secondary N) is 1. The Morgan fingerprint density at radius 3 is 2.47 bits per heavy atom. The summed E-state index contributed by atoms with van der Waals surface area (Å²) in [6, 6.07) is -0.0790. The van der Waals surface area contributed by atoms with Crippen molar-refractivity contribution in [2.24, 2.45) is 0 Å². The van der Waals surface area contributed by atoms with Gasteiger partial charge in [0.25, 0.3) is 10.2 Å². The Morgan fingerprint density at radius 1 is 1.47 bits per heavy atom. The van der Waals surface area contributed by atoms with E-state index < -0.39 is 16.0 Å². The van der Waals surface area contributed by atoms with Gasteiger partial charge in [-0.05, 0) is 27.7 Å². The van der Waals surface area contributed by atoms with Gasteiger partial charge < -0.3 is 9.47 Å². The summed E-state index contributed by atoms with van der Waals surface area (Å²) in [6.07, 6.45) is -0.236. The lowest BCUT2D eigenvalue weighted by Gasteiger charge is -2.22. The van der Waals surface area contributed by atoms with Gasteiger partial charge in [-0.1, -0.05) is 0 Å². The van der Waals surface area contributed by atoms with Gasteiger partial charge in [0.15, 0.2) is 5.79 Å². The molecule has 6 nitrogen and oxygen atoms in total. The maximum Gasteiger partial charge on any atom is 0.279 e. The molecule has 0 aromatic heterocycles. The topological polar surface area (TPSA) is 67.9 Å². The normalized spacial score (nSPS) is 24.8. The first kappa shape index (κ1) is 14.8. The van der Waals surface area contributed by atoms with E-state index in [-0.39, 0.29) is 18.7 Å². The molecule has 0 aromatic carbocycles. The number of hydrogen-bond acceptors (Lipinski definition) is 4. The molecule has 1 rings (SSSR count). The molecule has 0 aromatic rings. The van der Waals surface area contributed by atoms with Crippen LogP contribution in [0.3, 0.4) is 0 Å². The Hall–Kier alpha value is -0.210. The Labute approximate surface area is 103 Å². The van der Waals surface area contributed by atoms with Gasteiger partial charge in [0.2, 0.25) is 0 Å². The highest BCUT2D eigenvalue weighted by Crippen LogP contribution is 2.21. The Morgan fingerprint density at radius 2 is 2.06 bits per heavy atom. The van der Waals surface area contributed by atoms with Crippen LogP contribution in [0.5, 0.6) is 0 Å². The zero-order valence-corrected chi connectivity index (χ0v) is 11.9. The first-order chi connectivity index (χ1) is 7.64. The van der Waals surface area contributed by atoms with E-state index in [2.05, 4.69) is 4.72 Å².